The zero-order chi connectivity index (χ0) is 22.2. The number of aromatic nitrogens is 2. The molecule has 0 unspecified atom stereocenters. The SMILES string of the molecule is Cc1nn(C)c(C)c1S(=O)(=O)N1CCCN(C(=O)/C=C/c2ccc3c(c2)OCO3)CC1. The molecule has 1 saturated heterocycles. The van der Waals surface area contributed by atoms with Crippen molar-refractivity contribution >= 4 is 22.0 Å². The number of hydrogen-bond donors (Lipinski definition) is 0. The molecule has 0 atom stereocenters. The van der Waals surface area contributed by atoms with Crippen molar-refractivity contribution in [2.24, 2.45) is 7.05 Å². The first-order valence-corrected chi connectivity index (χ1v) is 11.6. The highest BCUT2D eigenvalue weighted by molar-refractivity contribution is 7.89. The highest BCUT2D eigenvalue weighted by atomic mass is 32.2. The van der Waals surface area contributed by atoms with Gasteiger partial charge >= 0.3 is 0 Å². The van der Waals surface area contributed by atoms with Crippen LogP contribution in [0.4, 0.5) is 0 Å². The molecule has 0 aliphatic carbocycles. The van der Waals surface area contributed by atoms with Gasteiger partial charge in [-0.2, -0.15) is 9.40 Å². The van der Waals surface area contributed by atoms with Crippen molar-refractivity contribution in [2.45, 2.75) is 25.2 Å². The average Bonchev–Trinajstić information content (AvgIpc) is 3.18. The maximum atomic E-state index is 13.2. The Labute approximate surface area is 181 Å². The van der Waals surface area contributed by atoms with Crippen molar-refractivity contribution in [3.8, 4) is 11.5 Å². The highest BCUT2D eigenvalue weighted by Crippen LogP contribution is 2.32. The lowest BCUT2D eigenvalue weighted by molar-refractivity contribution is -0.125. The molecule has 3 heterocycles. The van der Waals surface area contributed by atoms with E-state index in [1.807, 2.05) is 18.2 Å². The number of sulfonamides is 1. The fourth-order valence-corrected chi connectivity index (χ4v) is 5.77. The molecule has 10 heteroatoms. The minimum atomic E-state index is -3.67. The molecule has 1 amide bonds. The molecule has 1 fully saturated rings. The van der Waals surface area contributed by atoms with Gasteiger partial charge in [0.05, 0.1) is 11.4 Å². The summed E-state index contributed by atoms with van der Waals surface area (Å²) in [5, 5.41) is 4.23. The number of fused-ring (bicyclic) bond motifs is 1. The summed E-state index contributed by atoms with van der Waals surface area (Å²) in [6.07, 6.45) is 3.81. The summed E-state index contributed by atoms with van der Waals surface area (Å²) in [4.78, 5) is 14.6. The van der Waals surface area contributed by atoms with Gasteiger partial charge in [-0.25, -0.2) is 8.42 Å². The van der Waals surface area contributed by atoms with Crippen molar-refractivity contribution < 1.29 is 22.7 Å². The van der Waals surface area contributed by atoms with Gasteiger partial charge in [-0.05, 0) is 44.0 Å². The van der Waals surface area contributed by atoms with Crippen molar-refractivity contribution in [1.29, 1.82) is 0 Å². The molecule has 2 aliphatic rings. The van der Waals surface area contributed by atoms with E-state index in [0.29, 0.717) is 48.9 Å². The Kier molecular flexibility index (Phi) is 5.76. The minimum absolute atomic E-state index is 0.148. The molecule has 2 aromatic rings. The monoisotopic (exact) mass is 446 g/mol. The molecule has 1 aromatic heterocycles. The maximum Gasteiger partial charge on any atom is 0.246 e. The van der Waals surface area contributed by atoms with Gasteiger partial charge in [0.25, 0.3) is 0 Å². The molecule has 4 rings (SSSR count). The molecular weight excluding hydrogens is 420 g/mol. The van der Waals surface area contributed by atoms with E-state index in [-0.39, 0.29) is 24.1 Å². The largest absolute Gasteiger partial charge is 0.454 e. The number of hydrogen-bond acceptors (Lipinski definition) is 6. The lowest BCUT2D eigenvalue weighted by Gasteiger charge is -2.21. The minimum Gasteiger partial charge on any atom is -0.454 e. The van der Waals surface area contributed by atoms with E-state index in [1.54, 1.807) is 36.6 Å². The smallest absolute Gasteiger partial charge is 0.246 e. The predicted octanol–water partition coefficient (Wildman–Crippen LogP) is 1.70. The number of benzene rings is 1. The van der Waals surface area contributed by atoms with Crippen LogP contribution in [0.2, 0.25) is 0 Å². The first kappa shape index (κ1) is 21.4. The van der Waals surface area contributed by atoms with Crippen LogP contribution in [0, 0.1) is 13.8 Å². The molecule has 0 radical (unpaired) electrons. The van der Waals surface area contributed by atoms with Gasteiger partial charge in [-0.1, -0.05) is 6.07 Å². The van der Waals surface area contributed by atoms with Crippen LogP contribution in [0.25, 0.3) is 6.08 Å². The van der Waals surface area contributed by atoms with Crippen LogP contribution in [-0.4, -0.2) is 66.3 Å². The topological polar surface area (TPSA) is 94.0 Å². The normalized spacial score (nSPS) is 17.3. The van der Waals surface area contributed by atoms with Crippen LogP contribution < -0.4 is 9.47 Å². The van der Waals surface area contributed by atoms with Crippen LogP contribution in [0.15, 0.2) is 29.2 Å². The van der Waals surface area contributed by atoms with Crippen LogP contribution in [0.3, 0.4) is 0 Å². The van der Waals surface area contributed by atoms with E-state index in [9.17, 15) is 13.2 Å². The molecule has 0 bridgehead atoms. The number of aryl methyl sites for hydroxylation is 2. The first-order valence-electron chi connectivity index (χ1n) is 10.1. The summed E-state index contributed by atoms with van der Waals surface area (Å²) in [5.74, 6) is 1.20. The fourth-order valence-electron chi connectivity index (χ4n) is 3.90. The lowest BCUT2D eigenvalue weighted by Crippen LogP contribution is -2.37. The molecule has 0 saturated carbocycles. The van der Waals surface area contributed by atoms with Crippen molar-refractivity contribution in [1.82, 2.24) is 19.0 Å². The Hall–Kier alpha value is -2.85. The van der Waals surface area contributed by atoms with Gasteiger partial charge < -0.3 is 14.4 Å². The van der Waals surface area contributed by atoms with E-state index in [4.69, 9.17) is 9.47 Å². The number of ether oxygens (including phenoxy) is 2. The number of carbonyl (C=O) groups is 1. The molecule has 2 aliphatic heterocycles. The zero-order valence-corrected chi connectivity index (χ0v) is 18.7. The van der Waals surface area contributed by atoms with Gasteiger partial charge in [-0.3, -0.25) is 9.48 Å². The number of amides is 1. The Morgan fingerprint density at radius 3 is 2.61 bits per heavy atom. The van der Waals surface area contributed by atoms with Crippen molar-refractivity contribution in [2.75, 3.05) is 33.0 Å². The lowest BCUT2D eigenvalue weighted by atomic mass is 10.2. The second-order valence-corrected chi connectivity index (χ2v) is 9.53. The van der Waals surface area contributed by atoms with Gasteiger partial charge in [0.15, 0.2) is 11.5 Å². The summed E-state index contributed by atoms with van der Waals surface area (Å²) < 4.78 is 40.1. The van der Waals surface area contributed by atoms with E-state index in [0.717, 1.165) is 5.56 Å². The standard InChI is InChI=1S/C21H26N4O5S/c1-15-21(16(2)23(3)22-15)31(27,28)25-10-4-9-24(11-12-25)20(26)8-6-17-5-7-18-19(13-17)30-14-29-18/h5-8,13H,4,9-12,14H2,1-3H3/b8-6+. The fraction of sp³-hybridized carbons (Fsp3) is 0.429. The second kappa shape index (κ2) is 8.35. The molecular formula is C21H26N4O5S. The average molecular weight is 447 g/mol. The molecule has 0 spiro atoms. The number of carbonyl (C=O) groups excluding carboxylic acids is 1. The quantitative estimate of drug-likeness (QED) is 0.664. The van der Waals surface area contributed by atoms with E-state index < -0.39 is 10.0 Å². The van der Waals surface area contributed by atoms with Crippen LogP contribution in [0.5, 0.6) is 11.5 Å². The molecule has 0 N–H and O–H groups in total. The third kappa shape index (κ3) is 4.17. The molecule has 9 nitrogen and oxygen atoms in total. The number of rotatable bonds is 4. The summed E-state index contributed by atoms with van der Waals surface area (Å²) >= 11 is 0. The summed E-state index contributed by atoms with van der Waals surface area (Å²) in [7, 11) is -1.94. The molecule has 31 heavy (non-hydrogen) atoms. The van der Waals surface area contributed by atoms with Crippen LogP contribution >= 0.6 is 0 Å². The Morgan fingerprint density at radius 1 is 1.10 bits per heavy atom. The number of nitrogens with zero attached hydrogens (tertiary/aromatic N) is 4. The molecule has 1 aromatic carbocycles. The Balaban J connectivity index is 1.43. The first-order chi connectivity index (χ1) is 14.8. The highest BCUT2D eigenvalue weighted by Gasteiger charge is 2.32. The van der Waals surface area contributed by atoms with Gasteiger partial charge in [-0.15, -0.1) is 0 Å². The van der Waals surface area contributed by atoms with Crippen LogP contribution in [-0.2, 0) is 21.9 Å². The molecule has 166 valence electrons. The van der Waals surface area contributed by atoms with E-state index in [1.165, 1.54) is 10.4 Å². The summed E-state index contributed by atoms with van der Waals surface area (Å²) in [5.41, 5.74) is 1.93. The van der Waals surface area contributed by atoms with Crippen molar-refractivity contribution in [3.05, 3.63) is 41.2 Å². The van der Waals surface area contributed by atoms with E-state index in [2.05, 4.69) is 5.10 Å². The van der Waals surface area contributed by atoms with Gasteiger partial charge in [0, 0.05) is 39.3 Å². The van der Waals surface area contributed by atoms with Gasteiger partial charge in [0.2, 0.25) is 22.7 Å². The predicted molar refractivity (Wildman–Crippen MR) is 114 cm³/mol. The third-order valence-corrected chi connectivity index (χ3v) is 7.77. The van der Waals surface area contributed by atoms with Gasteiger partial charge in [0.1, 0.15) is 4.90 Å². The van der Waals surface area contributed by atoms with E-state index >= 15 is 0 Å². The van der Waals surface area contributed by atoms with Crippen molar-refractivity contribution in [3.63, 3.8) is 0 Å². The summed E-state index contributed by atoms with van der Waals surface area (Å²) in [6.45, 7) is 5.11. The second-order valence-electron chi connectivity index (χ2n) is 7.65. The zero-order valence-electron chi connectivity index (χ0n) is 17.9. The summed E-state index contributed by atoms with van der Waals surface area (Å²) in [6, 6.07) is 5.48. The third-order valence-electron chi connectivity index (χ3n) is 5.62. The van der Waals surface area contributed by atoms with Crippen LogP contribution in [0.1, 0.15) is 23.4 Å². The Bertz CT molecular complexity index is 1140. The Morgan fingerprint density at radius 2 is 1.87 bits per heavy atom. The maximum absolute atomic E-state index is 13.2.